The van der Waals surface area contributed by atoms with Gasteiger partial charge in [0.25, 0.3) is 0 Å². The predicted octanol–water partition coefficient (Wildman–Crippen LogP) is 5.55. The van der Waals surface area contributed by atoms with E-state index < -0.39 is 18.1 Å². The molecule has 0 saturated carbocycles. The summed E-state index contributed by atoms with van der Waals surface area (Å²) in [5.41, 5.74) is 5.78. The Kier molecular flexibility index (Phi) is 13.9. The van der Waals surface area contributed by atoms with E-state index in [1.165, 1.54) is 12.8 Å². The predicted molar refractivity (Wildman–Crippen MR) is 177 cm³/mol. The van der Waals surface area contributed by atoms with Crippen molar-refractivity contribution in [2.45, 2.75) is 143 Å². The van der Waals surface area contributed by atoms with E-state index in [0.29, 0.717) is 38.5 Å². The Morgan fingerprint density at radius 1 is 1.09 bits per heavy atom. The van der Waals surface area contributed by atoms with Crippen molar-refractivity contribution < 1.29 is 24.5 Å². The van der Waals surface area contributed by atoms with Crippen LogP contribution in [-0.2, 0) is 9.47 Å². The van der Waals surface area contributed by atoms with Gasteiger partial charge in [0.2, 0.25) is 0 Å². The number of likely N-dealkylation sites (tertiary alicyclic amines) is 2. The second-order valence-corrected chi connectivity index (χ2v) is 16.3. The first-order valence-corrected chi connectivity index (χ1v) is 17.5. The Morgan fingerprint density at radius 2 is 1.77 bits per heavy atom. The fraction of sp³-hybridized carbons (Fsp3) is 0.914. The number of allylic oxidation sites excluding steroid dienone is 2. The van der Waals surface area contributed by atoms with Crippen LogP contribution in [0, 0.1) is 23.2 Å². The van der Waals surface area contributed by atoms with Crippen LogP contribution in [0.2, 0.25) is 0 Å². The summed E-state index contributed by atoms with van der Waals surface area (Å²) in [4.78, 5) is 19.5. The maximum absolute atomic E-state index is 13.4. The second-order valence-electron chi connectivity index (χ2n) is 16.3. The third-order valence-corrected chi connectivity index (χ3v) is 9.33. The summed E-state index contributed by atoms with van der Waals surface area (Å²) in [6.45, 7) is 20.1. The van der Waals surface area contributed by atoms with Crippen LogP contribution in [-0.4, -0.2) is 100 Å². The van der Waals surface area contributed by atoms with E-state index in [9.17, 15) is 15.0 Å². The van der Waals surface area contributed by atoms with Crippen molar-refractivity contribution in [2.24, 2.45) is 28.9 Å². The highest BCUT2D eigenvalue weighted by Crippen LogP contribution is 2.33. The molecule has 256 valence electrons. The lowest BCUT2D eigenvalue weighted by Crippen LogP contribution is -2.61. The van der Waals surface area contributed by atoms with E-state index in [2.05, 4.69) is 50.5 Å². The van der Waals surface area contributed by atoms with Gasteiger partial charge in [-0.1, -0.05) is 34.6 Å². The number of nitrogens with two attached hydrogens (primary N) is 1. The smallest absolute Gasteiger partial charge is 0.410 e. The van der Waals surface area contributed by atoms with Crippen molar-refractivity contribution in [1.82, 2.24) is 14.7 Å². The van der Waals surface area contributed by atoms with Crippen molar-refractivity contribution in [3.05, 3.63) is 11.8 Å². The molecule has 0 aromatic heterocycles. The van der Waals surface area contributed by atoms with E-state index in [1.807, 2.05) is 20.8 Å². The minimum absolute atomic E-state index is 0.0773. The number of hydrogen-bond donors (Lipinski definition) is 3. The number of piperidine rings is 2. The van der Waals surface area contributed by atoms with Gasteiger partial charge in [0.15, 0.2) is 0 Å². The number of aliphatic hydroxyl groups is 2. The molecule has 2 heterocycles. The monoisotopic (exact) mass is 623 g/mol. The molecule has 0 bridgehead atoms. The zero-order valence-corrected chi connectivity index (χ0v) is 29.3. The van der Waals surface area contributed by atoms with Crippen molar-refractivity contribution >= 4 is 6.09 Å². The van der Waals surface area contributed by atoms with Gasteiger partial charge >= 0.3 is 6.09 Å². The zero-order valence-electron chi connectivity index (χ0n) is 29.3. The highest BCUT2D eigenvalue weighted by atomic mass is 16.6. The molecule has 44 heavy (non-hydrogen) atoms. The number of ether oxygens (including phenoxy) is 2. The molecule has 0 spiro atoms. The highest BCUT2D eigenvalue weighted by molar-refractivity contribution is 5.68. The molecule has 0 aromatic carbocycles. The van der Waals surface area contributed by atoms with Crippen molar-refractivity contribution in [1.29, 1.82) is 0 Å². The van der Waals surface area contributed by atoms with Crippen LogP contribution in [0.1, 0.15) is 113 Å². The van der Waals surface area contributed by atoms with Crippen LogP contribution in [0.3, 0.4) is 0 Å². The molecule has 0 aromatic rings. The minimum atomic E-state index is -0.729. The van der Waals surface area contributed by atoms with Gasteiger partial charge in [0.1, 0.15) is 24.2 Å². The van der Waals surface area contributed by atoms with Gasteiger partial charge in [-0.15, -0.1) is 0 Å². The number of aliphatic hydroxyl groups excluding tert-OH is 2. The van der Waals surface area contributed by atoms with Crippen molar-refractivity contribution in [3.8, 4) is 0 Å². The van der Waals surface area contributed by atoms with Gasteiger partial charge in [-0.05, 0) is 96.1 Å². The second kappa shape index (κ2) is 16.4. The highest BCUT2D eigenvalue weighted by Gasteiger charge is 2.42. The average molecular weight is 623 g/mol. The van der Waals surface area contributed by atoms with Crippen molar-refractivity contribution in [2.75, 3.05) is 39.3 Å². The molecular weight excluding hydrogens is 556 g/mol. The minimum Gasteiger partial charge on any atom is -0.495 e. The van der Waals surface area contributed by atoms with E-state index in [4.69, 9.17) is 15.2 Å². The summed E-state index contributed by atoms with van der Waals surface area (Å²) >= 11 is 0. The van der Waals surface area contributed by atoms with Gasteiger partial charge in [-0.2, -0.15) is 0 Å². The lowest BCUT2D eigenvalue weighted by Gasteiger charge is -2.48. The Bertz CT molecular complexity index is 906. The largest absolute Gasteiger partial charge is 0.495 e. The zero-order chi connectivity index (χ0) is 32.7. The third-order valence-electron chi connectivity index (χ3n) is 9.33. The van der Waals surface area contributed by atoms with Gasteiger partial charge < -0.3 is 30.3 Å². The molecule has 1 amide bonds. The van der Waals surface area contributed by atoms with Crippen LogP contribution in [0.5, 0.6) is 0 Å². The lowest BCUT2D eigenvalue weighted by atomic mass is 9.85. The molecule has 2 saturated heterocycles. The summed E-state index contributed by atoms with van der Waals surface area (Å²) in [6, 6.07) is -0.129. The molecule has 2 aliphatic heterocycles. The van der Waals surface area contributed by atoms with Crippen molar-refractivity contribution in [3.63, 3.8) is 0 Å². The van der Waals surface area contributed by atoms with E-state index >= 15 is 0 Å². The quantitative estimate of drug-likeness (QED) is 0.243. The average Bonchev–Trinajstić information content (AvgIpc) is 2.95. The molecule has 3 aliphatic rings. The van der Waals surface area contributed by atoms with Crippen LogP contribution in [0.25, 0.3) is 0 Å². The number of carbonyl (C=O) groups excluding carboxylic acids is 1. The van der Waals surface area contributed by atoms with Crippen LogP contribution >= 0.6 is 0 Å². The van der Waals surface area contributed by atoms with E-state index in [0.717, 1.165) is 57.4 Å². The molecule has 9 heteroatoms. The summed E-state index contributed by atoms with van der Waals surface area (Å²) in [5, 5.41) is 23.6. The Hall–Kier alpha value is -1.39. The summed E-state index contributed by atoms with van der Waals surface area (Å²) < 4.78 is 12.1. The van der Waals surface area contributed by atoms with Gasteiger partial charge in [-0.25, -0.2) is 4.79 Å². The number of hydrogen-bond acceptors (Lipinski definition) is 8. The fourth-order valence-electron chi connectivity index (χ4n) is 6.90. The fourth-order valence-corrected chi connectivity index (χ4v) is 6.90. The summed E-state index contributed by atoms with van der Waals surface area (Å²) in [5.74, 6) is 1.20. The van der Waals surface area contributed by atoms with Gasteiger partial charge in [-0.3, -0.25) is 9.80 Å². The maximum atomic E-state index is 13.4. The molecule has 2 fully saturated rings. The van der Waals surface area contributed by atoms with Crippen LogP contribution in [0.15, 0.2) is 11.8 Å². The first-order chi connectivity index (χ1) is 20.6. The molecule has 9 nitrogen and oxygen atoms in total. The summed E-state index contributed by atoms with van der Waals surface area (Å²) in [7, 11) is 0. The standard InChI is InChI=1S/C35H66N4O5/c1-25(2)22-39(32(41)26(21-36)14-17-34(3,4)5)28-20-27(23-38(24-28)33(42)44-35(6,7)8)31(40)37-18-15-30(16-19-37)43-29-12-10-9-11-13-29/h12,25-28,30-32,40-41H,9-11,13-24,36H2,1-8H3/t26?,27-,28+,31?,32?/m1/s1. The molecule has 4 N–H and O–H groups in total. The molecule has 0 radical (unpaired) electrons. The topological polar surface area (TPSA) is 112 Å². The molecular formula is C35H66N4O5. The first-order valence-electron chi connectivity index (χ1n) is 17.5. The maximum Gasteiger partial charge on any atom is 0.410 e. The number of rotatable bonds is 12. The lowest BCUT2D eigenvalue weighted by molar-refractivity contribution is -0.121. The Balaban J connectivity index is 1.77. The Labute approximate surface area is 268 Å². The molecule has 3 unspecified atom stereocenters. The molecule has 3 rings (SSSR count). The number of nitrogens with zero attached hydrogens (tertiary/aromatic N) is 3. The van der Waals surface area contributed by atoms with Crippen LogP contribution in [0.4, 0.5) is 4.79 Å². The first kappa shape index (κ1) is 37.1. The number of carbonyl (C=O) groups is 1. The normalized spacial score (nSPS) is 25.1. The van der Waals surface area contributed by atoms with E-state index in [1.54, 1.807) is 4.90 Å². The molecule has 5 atom stereocenters. The van der Waals surface area contributed by atoms with E-state index in [-0.39, 0.29) is 35.5 Å². The SMILES string of the molecule is CC(C)CN(C(O)C(CN)CCC(C)(C)C)[C@H]1C[C@@H](C(O)N2CCC(OC3=CCCCC3)CC2)CN(C(=O)OC(C)(C)C)C1. The summed E-state index contributed by atoms with van der Waals surface area (Å²) in [6.07, 6.45) is 9.48. The van der Waals surface area contributed by atoms with Gasteiger partial charge in [0.05, 0.1) is 5.76 Å². The number of amides is 1. The molecule has 1 aliphatic carbocycles. The van der Waals surface area contributed by atoms with Crippen LogP contribution < -0.4 is 5.73 Å². The third kappa shape index (κ3) is 11.8. The van der Waals surface area contributed by atoms with Gasteiger partial charge in [0, 0.05) is 57.0 Å². The Morgan fingerprint density at radius 3 is 2.32 bits per heavy atom.